The summed E-state index contributed by atoms with van der Waals surface area (Å²) in [5.74, 6) is 0. The van der Waals surface area contributed by atoms with Crippen molar-refractivity contribution < 1.29 is 5.11 Å². The van der Waals surface area contributed by atoms with Crippen LogP contribution in [0.5, 0.6) is 0 Å². The van der Waals surface area contributed by atoms with Gasteiger partial charge in [-0.2, -0.15) is 5.10 Å². The molecule has 0 bridgehead atoms. The summed E-state index contributed by atoms with van der Waals surface area (Å²) in [5, 5.41) is 18.9. The number of aromatic nitrogens is 2. The smallest absolute Gasteiger partial charge is 0.0953 e. The van der Waals surface area contributed by atoms with Crippen molar-refractivity contribution in [2.45, 2.75) is 32.9 Å². The molecule has 2 heterocycles. The van der Waals surface area contributed by atoms with Crippen LogP contribution in [-0.2, 0) is 13.0 Å². The lowest BCUT2D eigenvalue weighted by molar-refractivity contribution is 0.181. The molecule has 0 radical (unpaired) electrons. The third-order valence-electron chi connectivity index (χ3n) is 3.65. The maximum atomic E-state index is 10.5. The minimum Gasteiger partial charge on any atom is -0.387 e. The van der Waals surface area contributed by atoms with Crippen LogP contribution in [0.25, 0.3) is 10.9 Å². The van der Waals surface area contributed by atoms with E-state index in [2.05, 4.69) is 24.2 Å². The normalized spacial score (nSPS) is 13.0. The first-order valence-electron chi connectivity index (χ1n) is 6.97. The Labute approximate surface area is 132 Å². The van der Waals surface area contributed by atoms with Crippen molar-refractivity contribution in [3.05, 3.63) is 50.8 Å². The van der Waals surface area contributed by atoms with Crippen LogP contribution in [0.3, 0.4) is 0 Å². The topological polar surface area (TPSA) is 38.0 Å². The fourth-order valence-electron chi connectivity index (χ4n) is 2.54. The predicted molar refractivity (Wildman–Crippen MR) is 88.1 cm³/mol. The standard InChI is InChI=1S/C16H17ClN2OS/c1-3-19-13-7-5-4-6-11(13)12(18-19)8-14(20)16-15(17)10(2)9-21-16/h4-7,9,14,20H,3,8H2,1-2H3. The number of aryl methyl sites for hydroxylation is 2. The molecule has 1 atom stereocenters. The lowest BCUT2D eigenvalue weighted by Crippen LogP contribution is -2.03. The van der Waals surface area contributed by atoms with Crippen LogP contribution in [0.4, 0.5) is 0 Å². The third kappa shape index (κ3) is 2.59. The fourth-order valence-corrected chi connectivity index (χ4v) is 3.84. The van der Waals surface area contributed by atoms with E-state index in [-0.39, 0.29) is 0 Å². The molecule has 0 saturated carbocycles. The number of benzene rings is 1. The second-order valence-corrected chi connectivity index (χ2v) is 6.39. The van der Waals surface area contributed by atoms with Crippen molar-refractivity contribution >= 4 is 33.8 Å². The summed E-state index contributed by atoms with van der Waals surface area (Å²) in [7, 11) is 0. The number of para-hydroxylation sites is 1. The SMILES string of the molecule is CCn1nc(CC(O)c2scc(C)c2Cl)c2ccccc21. The van der Waals surface area contributed by atoms with Gasteiger partial charge in [0.05, 0.1) is 27.2 Å². The zero-order valence-electron chi connectivity index (χ0n) is 12.0. The average molecular weight is 321 g/mol. The summed E-state index contributed by atoms with van der Waals surface area (Å²) < 4.78 is 1.97. The molecule has 0 aliphatic carbocycles. The van der Waals surface area contributed by atoms with E-state index >= 15 is 0 Å². The second-order valence-electron chi connectivity index (χ2n) is 5.10. The van der Waals surface area contributed by atoms with E-state index in [0.717, 1.165) is 33.6 Å². The molecule has 1 unspecified atom stereocenters. The lowest BCUT2D eigenvalue weighted by Gasteiger charge is -2.08. The predicted octanol–water partition coefficient (Wildman–Crippen LogP) is 4.36. The van der Waals surface area contributed by atoms with E-state index in [1.54, 1.807) is 0 Å². The number of thiophene rings is 1. The van der Waals surface area contributed by atoms with Crippen LogP contribution in [0.1, 0.15) is 29.2 Å². The van der Waals surface area contributed by atoms with Crippen LogP contribution < -0.4 is 0 Å². The molecule has 0 aliphatic heterocycles. The lowest BCUT2D eigenvalue weighted by atomic mass is 10.1. The van der Waals surface area contributed by atoms with Gasteiger partial charge in [0, 0.05) is 18.4 Å². The van der Waals surface area contributed by atoms with Crippen LogP contribution in [-0.4, -0.2) is 14.9 Å². The van der Waals surface area contributed by atoms with Gasteiger partial charge in [-0.1, -0.05) is 29.8 Å². The summed E-state index contributed by atoms with van der Waals surface area (Å²) in [5.41, 5.74) is 3.04. The largest absolute Gasteiger partial charge is 0.387 e. The quantitative estimate of drug-likeness (QED) is 0.775. The van der Waals surface area contributed by atoms with Crippen LogP contribution in [0, 0.1) is 6.92 Å². The third-order valence-corrected chi connectivity index (χ3v) is 5.46. The molecule has 0 spiro atoms. The highest BCUT2D eigenvalue weighted by Crippen LogP contribution is 2.34. The number of halogens is 1. The molecule has 2 aromatic heterocycles. The molecule has 0 aliphatic rings. The Morgan fingerprint density at radius 3 is 2.81 bits per heavy atom. The van der Waals surface area contributed by atoms with Crippen molar-refractivity contribution in [1.82, 2.24) is 9.78 Å². The van der Waals surface area contributed by atoms with Crippen LogP contribution in [0.2, 0.25) is 5.02 Å². The number of hydrogen-bond acceptors (Lipinski definition) is 3. The molecule has 0 saturated heterocycles. The summed E-state index contributed by atoms with van der Waals surface area (Å²) in [6.07, 6.45) is -0.132. The molecule has 1 N–H and O–H groups in total. The highest BCUT2D eigenvalue weighted by molar-refractivity contribution is 7.10. The number of nitrogens with zero attached hydrogens (tertiary/aromatic N) is 2. The first-order valence-corrected chi connectivity index (χ1v) is 8.23. The molecule has 3 aromatic rings. The first kappa shape index (κ1) is 14.6. The van der Waals surface area contributed by atoms with Gasteiger partial charge in [-0.25, -0.2) is 0 Å². The number of aliphatic hydroxyl groups excluding tert-OH is 1. The molecule has 21 heavy (non-hydrogen) atoms. The molecular formula is C16H17ClN2OS. The highest BCUT2D eigenvalue weighted by atomic mass is 35.5. The van der Waals surface area contributed by atoms with Gasteiger partial charge in [0.15, 0.2) is 0 Å². The molecule has 1 aromatic carbocycles. The highest BCUT2D eigenvalue weighted by Gasteiger charge is 2.19. The van der Waals surface area contributed by atoms with E-state index in [0.29, 0.717) is 11.4 Å². The molecule has 5 heteroatoms. The van der Waals surface area contributed by atoms with E-state index in [1.807, 2.05) is 29.1 Å². The molecular weight excluding hydrogens is 304 g/mol. The van der Waals surface area contributed by atoms with Gasteiger partial charge in [-0.3, -0.25) is 4.68 Å². The minimum absolute atomic E-state index is 0.479. The molecule has 0 amide bonds. The van der Waals surface area contributed by atoms with E-state index in [4.69, 9.17) is 11.6 Å². The Bertz CT molecular complexity index is 778. The first-order chi connectivity index (χ1) is 10.1. The van der Waals surface area contributed by atoms with Gasteiger partial charge in [0.2, 0.25) is 0 Å². The minimum atomic E-state index is -0.611. The van der Waals surface area contributed by atoms with E-state index in [9.17, 15) is 5.11 Å². The Morgan fingerprint density at radius 1 is 1.38 bits per heavy atom. The molecule has 3 rings (SSSR count). The van der Waals surface area contributed by atoms with Crippen LogP contribution >= 0.6 is 22.9 Å². The summed E-state index contributed by atoms with van der Waals surface area (Å²) >= 11 is 7.75. The fraction of sp³-hybridized carbons (Fsp3) is 0.312. The van der Waals surface area contributed by atoms with E-state index in [1.165, 1.54) is 11.3 Å². The number of hydrogen-bond donors (Lipinski definition) is 1. The van der Waals surface area contributed by atoms with Gasteiger partial charge in [-0.15, -0.1) is 11.3 Å². The van der Waals surface area contributed by atoms with Gasteiger partial charge in [0.1, 0.15) is 0 Å². The monoisotopic (exact) mass is 320 g/mol. The summed E-state index contributed by atoms with van der Waals surface area (Å²) in [4.78, 5) is 0.823. The van der Waals surface area contributed by atoms with E-state index < -0.39 is 6.10 Å². The molecule has 0 fully saturated rings. The van der Waals surface area contributed by atoms with Crippen molar-refractivity contribution in [2.75, 3.05) is 0 Å². The zero-order valence-corrected chi connectivity index (χ0v) is 13.6. The molecule has 110 valence electrons. The Morgan fingerprint density at radius 2 is 2.14 bits per heavy atom. The van der Waals surface area contributed by atoms with Crippen molar-refractivity contribution in [1.29, 1.82) is 0 Å². The summed E-state index contributed by atoms with van der Waals surface area (Å²) in [6.45, 7) is 4.84. The Balaban J connectivity index is 1.96. The Hall–Kier alpha value is -1.36. The van der Waals surface area contributed by atoms with Crippen molar-refractivity contribution in [3.63, 3.8) is 0 Å². The van der Waals surface area contributed by atoms with Gasteiger partial charge in [-0.05, 0) is 30.9 Å². The van der Waals surface area contributed by atoms with Crippen molar-refractivity contribution in [2.24, 2.45) is 0 Å². The number of rotatable bonds is 4. The summed E-state index contributed by atoms with van der Waals surface area (Å²) in [6, 6.07) is 8.12. The second kappa shape index (κ2) is 5.79. The van der Waals surface area contributed by atoms with Crippen molar-refractivity contribution in [3.8, 4) is 0 Å². The van der Waals surface area contributed by atoms with Gasteiger partial charge >= 0.3 is 0 Å². The zero-order chi connectivity index (χ0) is 15.0. The maximum absolute atomic E-state index is 10.5. The number of aliphatic hydroxyl groups is 1. The average Bonchev–Trinajstić information content (AvgIpc) is 3.01. The Kier molecular flexibility index (Phi) is 4.02. The van der Waals surface area contributed by atoms with Crippen LogP contribution in [0.15, 0.2) is 29.6 Å². The number of fused-ring (bicyclic) bond motifs is 1. The maximum Gasteiger partial charge on any atom is 0.0953 e. The van der Waals surface area contributed by atoms with Gasteiger partial charge < -0.3 is 5.11 Å². The van der Waals surface area contributed by atoms with Gasteiger partial charge in [0.25, 0.3) is 0 Å². The molecule has 3 nitrogen and oxygen atoms in total.